The number of carbonyl (C=O) groups is 2. The summed E-state index contributed by atoms with van der Waals surface area (Å²) in [7, 11) is 1.62. The summed E-state index contributed by atoms with van der Waals surface area (Å²) in [6.45, 7) is 3.50. The Labute approximate surface area is 204 Å². The number of methoxy groups -OCH3 is 1. The van der Waals surface area contributed by atoms with Crippen LogP contribution in [-0.2, 0) is 6.54 Å². The van der Waals surface area contributed by atoms with E-state index in [1.54, 1.807) is 31.4 Å². The lowest BCUT2D eigenvalue weighted by Gasteiger charge is -2.32. The Bertz CT molecular complexity index is 1190. The average Bonchev–Trinajstić information content (AvgIpc) is 2.87. The fourth-order valence-corrected chi connectivity index (χ4v) is 4.55. The van der Waals surface area contributed by atoms with Crippen LogP contribution in [0.2, 0.25) is 5.02 Å². The van der Waals surface area contributed by atoms with Crippen LogP contribution in [0, 0.1) is 6.92 Å². The van der Waals surface area contributed by atoms with Crippen LogP contribution in [0.15, 0.2) is 60.7 Å². The van der Waals surface area contributed by atoms with Crippen LogP contribution in [0.3, 0.4) is 0 Å². The van der Waals surface area contributed by atoms with E-state index >= 15 is 0 Å². The second kappa shape index (κ2) is 10.7. The summed E-state index contributed by atoms with van der Waals surface area (Å²) in [5.74, 6) is 0.663. The first-order valence-corrected chi connectivity index (χ1v) is 11.8. The number of rotatable bonds is 6. The zero-order valence-corrected chi connectivity index (χ0v) is 20.1. The molecule has 0 unspecified atom stereocenters. The Hall–Kier alpha value is -3.38. The molecular weight excluding hydrogens is 450 g/mol. The topological polar surface area (TPSA) is 71.5 Å². The molecule has 7 heteroatoms. The molecule has 0 atom stereocenters. The lowest BCUT2D eigenvalue weighted by atomic mass is 9.89. The maximum Gasteiger partial charge on any atom is 0.253 e. The van der Waals surface area contributed by atoms with Gasteiger partial charge < -0.3 is 15.0 Å². The number of para-hydroxylation sites is 1. The molecule has 1 aliphatic rings. The number of hydrogen-bond acceptors (Lipinski definition) is 4. The van der Waals surface area contributed by atoms with Gasteiger partial charge >= 0.3 is 0 Å². The van der Waals surface area contributed by atoms with E-state index in [1.165, 1.54) is 0 Å². The SMILES string of the molecule is COc1ccccc1CNC(=O)c1ccc(C)nc1C1CCN(C(=O)c2cccc(Cl)c2)CC1. The van der Waals surface area contributed by atoms with Gasteiger partial charge in [-0.1, -0.05) is 35.9 Å². The number of aryl methyl sites for hydroxylation is 1. The summed E-state index contributed by atoms with van der Waals surface area (Å²) >= 11 is 6.05. The Balaban J connectivity index is 1.45. The van der Waals surface area contributed by atoms with Crippen LogP contribution in [-0.4, -0.2) is 41.9 Å². The van der Waals surface area contributed by atoms with Crippen LogP contribution < -0.4 is 10.1 Å². The van der Waals surface area contributed by atoms with Gasteiger partial charge in [-0.2, -0.15) is 0 Å². The number of aromatic nitrogens is 1. The second-order valence-corrected chi connectivity index (χ2v) is 8.89. The highest BCUT2D eigenvalue weighted by atomic mass is 35.5. The molecule has 4 rings (SSSR count). The Morgan fingerprint density at radius 2 is 1.85 bits per heavy atom. The minimum atomic E-state index is -0.161. The zero-order chi connectivity index (χ0) is 24.1. The van der Waals surface area contributed by atoms with Gasteiger partial charge in [0, 0.05) is 47.4 Å². The minimum Gasteiger partial charge on any atom is -0.496 e. The number of benzene rings is 2. The van der Waals surface area contributed by atoms with Gasteiger partial charge in [-0.15, -0.1) is 0 Å². The van der Waals surface area contributed by atoms with Gasteiger partial charge in [-0.3, -0.25) is 14.6 Å². The van der Waals surface area contributed by atoms with Crippen molar-refractivity contribution in [2.45, 2.75) is 32.2 Å². The molecular formula is C27H28ClN3O3. The molecule has 2 aromatic carbocycles. The van der Waals surface area contributed by atoms with Crippen molar-refractivity contribution >= 4 is 23.4 Å². The quantitative estimate of drug-likeness (QED) is 0.542. The number of carbonyl (C=O) groups excluding carboxylic acids is 2. The van der Waals surface area contributed by atoms with E-state index in [1.807, 2.05) is 48.2 Å². The first-order chi connectivity index (χ1) is 16.5. The molecule has 176 valence electrons. The van der Waals surface area contributed by atoms with Crippen LogP contribution in [0.5, 0.6) is 5.75 Å². The van der Waals surface area contributed by atoms with E-state index < -0.39 is 0 Å². The van der Waals surface area contributed by atoms with Crippen molar-refractivity contribution in [2.24, 2.45) is 0 Å². The van der Waals surface area contributed by atoms with Crippen molar-refractivity contribution in [3.05, 3.63) is 93.8 Å². The van der Waals surface area contributed by atoms with E-state index in [2.05, 4.69) is 5.32 Å². The number of amides is 2. The minimum absolute atomic E-state index is 0.0204. The first kappa shape index (κ1) is 23.8. The average molecular weight is 478 g/mol. The normalized spacial score (nSPS) is 14.0. The summed E-state index contributed by atoms with van der Waals surface area (Å²) in [4.78, 5) is 32.6. The number of piperidine rings is 1. The third-order valence-corrected chi connectivity index (χ3v) is 6.42. The molecule has 0 spiro atoms. The van der Waals surface area contributed by atoms with Gasteiger partial charge in [-0.05, 0) is 56.2 Å². The summed E-state index contributed by atoms with van der Waals surface area (Å²) in [6.07, 6.45) is 1.49. The molecule has 1 fully saturated rings. The molecule has 0 saturated carbocycles. The fraction of sp³-hybridized carbons (Fsp3) is 0.296. The molecule has 1 aromatic heterocycles. The number of pyridine rings is 1. The summed E-state index contributed by atoms with van der Waals surface area (Å²) < 4.78 is 5.38. The van der Waals surface area contributed by atoms with Gasteiger partial charge in [0.15, 0.2) is 0 Å². The Morgan fingerprint density at radius 1 is 1.09 bits per heavy atom. The van der Waals surface area contributed by atoms with Gasteiger partial charge in [0.1, 0.15) is 5.75 Å². The number of likely N-dealkylation sites (tertiary alicyclic amines) is 1. The molecule has 1 aliphatic heterocycles. The van der Waals surface area contributed by atoms with E-state index in [4.69, 9.17) is 21.3 Å². The first-order valence-electron chi connectivity index (χ1n) is 11.4. The molecule has 34 heavy (non-hydrogen) atoms. The number of nitrogens with zero attached hydrogens (tertiary/aromatic N) is 2. The molecule has 6 nitrogen and oxygen atoms in total. The smallest absolute Gasteiger partial charge is 0.253 e. The maximum absolute atomic E-state index is 13.1. The monoisotopic (exact) mass is 477 g/mol. The lowest BCUT2D eigenvalue weighted by Crippen LogP contribution is -2.38. The molecule has 1 saturated heterocycles. The summed E-state index contributed by atoms with van der Waals surface area (Å²) in [5, 5.41) is 3.56. The Kier molecular flexibility index (Phi) is 7.48. The van der Waals surface area contributed by atoms with Crippen molar-refractivity contribution in [2.75, 3.05) is 20.2 Å². The standard InChI is InChI=1S/C27H28ClN3O3/c1-18-10-11-23(26(32)29-17-21-6-3-4-9-24(21)34-2)25(30-18)19-12-14-31(15-13-19)27(33)20-7-5-8-22(28)16-20/h3-11,16,19H,12-15,17H2,1-2H3,(H,29,32). The van der Waals surface area contributed by atoms with Crippen LogP contribution in [0.1, 0.15) is 56.4 Å². The predicted molar refractivity (Wildman–Crippen MR) is 132 cm³/mol. The van der Waals surface area contributed by atoms with Crippen molar-refractivity contribution in [3.63, 3.8) is 0 Å². The molecule has 2 amide bonds. The second-order valence-electron chi connectivity index (χ2n) is 8.46. The van der Waals surface area contributed by atoms with E-state index in [-0.39, 0.29) is 17.7 Å². The molecule has 0 bridgehead atoms. The summed E-state index contributed by atoms with van der Waals surface area (Å²) in [5.41, 5.74) is 3.75. The predicted octanol–water partition coefficient (Wildman–Crippen LogP) is 5.00. The van der Waals surface area contributed by atoms with Crippen molar-refractivity contribution in [1.82, 2.24) is 15.2 Å². The highest BCUT2D eigenvalue weighted by Gasteiger charge is 2.28. The van der Waals surface area contributed by atoms with Gasteiger partial charge in [0.2, 0.25) is 0 Å². The fourth-order valence-electron chi connectivity index (χ4n) is 4.36. The van der Waals surface area contributed by atoms with Crippen molar-refractivity contribution in [3.8, 4) is 5.75 Å². The van der Waals surface area contributed by atoms with E-state index in [0.717, 1.165) is 35.5 Å². The molecule has 2 heterocycles. The van der Waals surface area contributed by atoms with Crippen molar-refractivity contribution in [1.29, 1.82) is 0 Å². The molecule has 3 aromatic rings. The maximum atomic E-state index is 13.1. The van der Waals surface area contributed by atoms with Crippen LogP contribution >= 0.6 is 11.6 Å². The number of hydrogen-bond donors (Lipinski definition) is 1. The van der Waals surface area contributed by atoms with Crippen LogP contribution in [0.4, 0.5) is 0 Å². The van der Waals surface area contributed by atoms with Crippen molar-refractivity contribution < 1.29 is 14.3 Å². The van der Waals surface area contributed by atoms with Gasteiger partial charge in [0.25, 0.3) is 11.8 Å². The molecule has 1 N–H and O–H groups in total. The molecule has 0 radical (unpaired) electrons. The lowest BCUT2D eigenvalue weighted by molar-refractivity contribution is 0.0710. The summed E-state index contributed by atoms with van der Waals surface area (Å²) in [6, 6.07) is 18.4. The van der Waals surface area contributed by atoms with Gasteiger partial charge in [0.05, 0.1) is 18.4 Å². The van der Waals surface area contributed by atoms with Crippen LogP contribution in [0.25, 0.3) is 0 Å². The molecule has 0 aliphatic carbocycles. The van der Waals surface area contributed by atoms with E-state index in [0.29, 0.717) is 35.8 Å². The third-order valence-electron chi connectivity index (χ3n) is 6.18. The highest BCUT2D eigenvalue weighted by Crippen LogP contribution is 2.30. The van der Waals surface area contributed by atoms with Gasteiger partial charge in [-0.25, -0.2) is 0 Å². The Morgan fingerprint density at radius 3 is 2.59 bits per heavy atom. The third kappa shape index (κ3) is 5.39. The number of nitrogens with one attached hydrogen (secondary N) is 1. The highest BCUT2D eigenvalue weighted by molar-refractivity contribution is 6.30. The number of halogens is 1. The largest absolute Gasteiger partial charge is 0.496 e. The number of ether oxygens (including phenoxy) is 1. The zero-order valence-electron chi connectivity index (χ0n) is 19.4. The van der Waals surface area contributed by atoms with E-state index in [9.17, 15) is 9.59 Å².